The molecule has 0 bridgehead atoms. The molecule has 0 aliphatic carbocycles. The summed E-state index contributed by atoms with van der Waals surface area (Å²) in [4.78, 5) is 16.5. The molecule has 1 unspecified atom stereocenters. The molecule has 0 saturated heterocycles. The van der Waals surface area contributed by atoms with Gasteiger partial charge >= 0.3 is 0 Å². The van der Waals surface area contributed by atoms with Crippen molar-refractivity contribution in [1.82, 2.24) is 20.1 Å². The van der Waals surface area contributed by atoms with Crippen molar-refractivity contribution >= 4 is 30.7 Å². The minimum Gasteiger partial charge on any atom is -0.349 e. The Labute approximate surface area is 177 Å². The molecular formula is C20H25Cl2N5O. The van der Waals surface area contributed by atoms with Crippen molar-refractivity contribution in [2.24, 2.45) is 5.73 Å². The highest BCUT2D eigenvalue weighted by Gasteiger charge is 2.12. The van der Waals surface area contributed by atoms with E-state index in [0.29, 0.717) is 18.2 Å². The lowest BCUT2D eigenvalue weighted by Crippen LogP contribution is -2.32. The molecule has 3 N–H and O–H groups in total. The zero-order chi connectivity index (χ0) is 18.5. The number of hydrogen-bond donors (Lipinski definition) is 2. The molecule has 150 valence electrons. The number of amides is 1. The second kappa shape index (κ2) is 10.8. The standard InChI is InChI=1S/C20H23N5O.2ClH/c1-14(2)15-4-6-16(7-5-15)18(21)13-23-20(26)19-12-17(8-10-22-19)25-11-3-9-24-25;;/h3-12,14,18H,13,21H2,1-2H3,(H,23,26);2*1H. The van der Waals surface area contributed by atoms with Gasteiger partial charge in [-0.15, -0.1) is 24.8 Å². The summed E-state index contributed by atoms with van der Waals surface area (Å²) in [7, 11) is 0. The topological polar surface area (TPSA) is 85.8 Å². The molecule has 3 aromatic rings. The van der Waals surface area contributed by atoms with Crippen molar-refractivity contribution in [3.63, 3.8) is 0 Å². The smallest absolute Gasteiger partial charge is 0.270 e. The fraction of sp³-hybridized carbons (Fsp3) is 0.250. The van der Waals surface area contributed by atoms with E-state index in [1.165, 1.54) is 5.56 Å². The van der Waals surface area contributed by atoms with Gasteiger partial charge in [-0.05, 0) is 35.2 Å². The summed E-state index contributed by atoms with van der Waals surface area (Å²) in [6, 6.07) is 13.2. The first kappa shape index (κ1) is 23.6. The summed E-state index contributed by atoms with van der Waals surface area (Å²) < 4.78 is 1.68. The normalized spacial score (nSPS) is 11.3. The maximum atomic E-state index is 12.4. The van der Waals surface area contributed by atoms with Gasteiger partial charge in [0.25, 0.3) is 5.91 Å². The molecule has 1 aromatic carbocycles. The number of pyridine rings is 1. The summed E-state index contributed by atoms with van der Waals surface area (Å²) in [5, 5.41) is 7.01. The van der Waals surface area contributed by atoms with Crippen LogP contribution in [-0.2, 0) is 0 Å². The Morgan fingerprint density at radius 1 is 1.11 bits per heavy atom. The number of nitrogens with zero attached hydrogens (tertiary/aromatic N) is 3. The second-order valence-electron chi connectivity index (χ2n) is 6.49. The third-order valence-electron chi connectivity index (χ3n) is 4.26. The lowest BCUT2D eigenvalue weighted by Gasteiger charge is -2.14. The molecule has 0 radical (unpaired) electrons. The minimum absolute atomic E-state index is 0. The van der Waals surface area contributed by atoms with Crippen LogP contribution in [0.5, 0.6) is 0 Å². The van der Waals surface area contributed by atoms with Crippen LogP contribution in [0.4, 0.5) is 0 Å². The predicted octanol–water partition coefficient (Wildman–Crippen LogP) is 3.66. The van der Waals surface area contributed by atoms with Gasteiger partial charge in [0.05, 0.1) is 5.69 Å². The Hall–Kier alpha value is -2.41. The SMILES string of the molecule is CC(C)c1ccc(C(N)CNC(=O)c2cc(-n3cccn3)ccn2)cc1.Cl.Cl. The molecule has 0 aliphatic heterocycles. The Balaban J connectivity index is 0.00000196. The molecule has 0 spiro atoms. The lowest BCUT2D eigenvalue weighted by atomic mass is 9.99. The maximum Gasteiger partial charge on any atom is 0.270 e. The number of rotatable bonds is 6. The quantitative estimate of drug-likeness (QED) is 0.635. The third-order valence-corrected chi connectivity index (χ3v) is 4.26. The van der Waals surface area contributed by atoms with Crippen molar-refractivity contribution < 1.29 is 4.79 Å². The summed E-state index contributed by atoms with van der Waals surface area (Å²) in [6.07, 6.45) is 5.09. The molecule has 8 heteroatoms. The number of nitrogens with two attached hydrogens (primary N) is 1. The van der Waals surface area contributed by atoms with Crippen LogP contribution in [0.3, 0.4) is 0 Å². The molecular weight excluding hydrogens is 397 g/mol. The highest BCUT2D eigenvalue weighted by atomic mass is 35.5. The number of benzene rings is 1. The van der Waals surface area contributed by atoms with Gasteiger partial charge in [-0.1, -0.05) is 38.1 Å². The van der Waals surface area contributed by atoms with Crippen molar-refractivity contribution in [3.8, 4) is 5.69 Å². The number of carbonyl (C=O) groups excluding carboxylic acids is 1. The average Bonchev–Trinajstić information content (AvgIpc) is 3.21. The van der Waals surface area contributed by atoms with Crippen LogP contribution >= 0.6 is 24.8 Å². The summed E-state index contributed by atoms with van der Waals surface area (Å²) in [6.45, 7) is 4.65. The van der Waals surface area contributed by atoms with Crippen LogP contribution in [0.25, 0.3) is 5.69 Å². The van der Waals surface area contributed by atoms with E-state index in [2.05, 4.69) is 41.4 Å². The number of carbonyl (C=O) groups is 1. The maximum absolute atomic E-state index is 12.4. The monoisotopic (exact) mass is 421 g/mol. The first-order valence-corrected chi connectivity index (χ1v) is 8.64. The molecule has 1 atom stereocenters. The first-order chi connectivity index (χ1) is 12.5. The fourth-order valence-corrected chi connectivity index (χ4v) is 2.65. The first-order valence-electron chi connectivity index (χ1n) is 8.64. The van der Waals surface area contributed by atoms with E-state index < -0.39 is 0 Å². The van der Waals surface area contributed by atoms with E-state index >= 15 is 0 Å². The van der Waals surface area contributed by atoms with Crippen molar-refractivity contribution in [2.45, 2.75) is 25.8 Å². The van der Waals surface area contributed by atoms with Gasteiger partial charge in [0.2, 0.25) is 0 Å². The van der Waals surface area contributed by atoms with Crippen LogP contribution < -0.4 is 11.1 Å². The average molecular weight is 422 g/mol. The molecule has 0 saturated carbocycles. The molecule has 2 heterocycles. The Morgan fingerprint density at radius 3 is 2.39 bits per heavy atom. The van der Waals surface area contributed by atoms with Gasteiger partial charge in [0, 0.05) is 31.2 Å². The highest BCUT2D eigenvalue weighted by molar-refractivity contribution is 5.92. The van der Waals surface area contributed by atoms with Gasteiger partial charge in [0.15, 0.2) is 0 Å². The van der Waals surface area contributed by atoms with Gasteiger partial charge < -0.3 is 11.1 Å². The van der Waals surface area contributed by atoms with Gasteiger partial charge in [-0.25, -0.2) is 4.68 Å². The number of nitrogens with one attached hydrogen (secondary N) is 1. The molecule has 28 heavy (non-hydrogen) atoms. The van der Waals surface area contributed by atoms with E-state index in [-0.39, 0.29) is 36.8 Å². The molecule has 0 fully saturated rings. The Morgan fingerprint density at radius 2 is 1.79 bits per heavy atom. The minimum atomic E-state index is -0.269. The van der Waals surface area contributed by atoms with Gasteiger partial charge in [0.1, 0.15) is 5.69 Å². The molecule has 0 aliphatic rings. The van der Waals surface area contributed by atoms with Gasteiger partial charge in [-0.2, -0.15) is 5.10 Å². The van der Waals surface area contributed by atoms with Crippen LogP contribution in [0, 0.1) is 0 Å². The highest BCUT2D eigenvalue weighted by Crippen LogP contribution is 2.17. The van der Waals surface area contributed by atoms with Crippen LogP contribution in [0.1, 0.15) is 47.4 Å². The zero-order valence-corrected chi connectivity index (χ0v) is 17.4. The third kappa shape index (κ3) is 5.79. The number of aromatic nitrogens is 3. The van der Waals surface area contributed by atoms with Crippen molar-refractivity contribution in [2.75, 3.05) is 6.54 Å². The molecule has 1 amide bonds. The van der Waals surface area contributed by atoms with Crippen molar-refractivity contribution in [1.29, 1.82) is 0 Å². The largest absolute Gasteiger partial charge is 0.349 e. The van der Waals surface area contributed by atoms with E-state index in [0.717, 1.165) is 11.3 Å². The van der Waals surface area contributed by atoms with Crippen LogP contribution in [0.15, 0.2) is 61.1 Å². The lowest BCUT2D eigenvalue weighted by molar-refractivity contribution is 0.0946. The van der Waals surface area contributed by atoms with E-state index in [1.54, 1.807) is 29.2 Å². The molecule has 3 rings (SSSR count). The summed E-state index contributed by atoms with van der Waals surface area (Å²) in [5.41, 5.74) is 9.58. The van der Waals surface area contributed by atoms with Crippen LogP contribution in [0.2, 0.25) is 0 Å². The van der Waals surface area contributed by atoms with Gasteiger partial charge in [-0.3, -0.25) is 9.78 Å². The summed E-state index contributed by atoms with van der Waals surface area (Å²) in [5.74, 6) is 0.223. The fourth-order valence-electron chi connectivity index (χ4n) is 2.65. The molecule has 2 aromatic heterocycles. The Kier molecular flexibility index (Phi) is 9.12. The van der Waals surface area contributed by atoms with E-state index in [9.17, 15) is 4.79 Å². The zero-order valence-electron chi connectivity index (χ0n) is 15.8. The molecule has 6 nitrogen and oxygen atoms in total. The predicted molar refractivity (Wildman–Crippen MR) is 116 cm³/mol. The summed E-state index contributed by atoms with van der Waals surface area (Å²) >= 11 is 0. The second-order valence-corrected chi connectivity index (χ2v) is 6.49. The van der Waals surface area contributed by atoms with Crippen LogP contribution in [-0.4, -0.2) is 27.2 Å². The van der Waals surface area contributed by atoms with Crippen molar-refractivity contribution in [3.05, 3.63) is 77.9 Å². The number of halogens is 2. The van der Waals surface area contributed by atoms with E-state index in [4.69, 9.17) is 5.73 Å². The van der Waals surface area contributed by atoms with E-state index in [1.807, 2.05) is 24.4 Å². The Bertz CT molecular complexity index is 867. The number of hydrogen-bond acceptors (Lipinski definition) is 4.